The molecule has 0 unspecified atom stereocenters. The maximum Gasteiger partial charge on any atom is 0.279 e. The number of quaternary nitrogens is 1. The normalized spacial score (nSPS) is 10.7. The highest BCUT2D eigenvalue weighted by atomic mass is 16.1. The van der Waals surface area contributed by atoms with Crippen LogP contribution in [0.1, 0.15) is 28.3 Å². The van der Waals surface area contributed by atoms with Crippen LogP contribution in [-0.4, -0.2) is 12.5 Å². The molecular weight excluding hydrogens is 320 g/mol. The second kappa shape index (κ2) is 8.45. The van der Waals surface area contributed by atoms with Crippen molar-refractivity contribution in [2.24, 2.45) is 0 Å². The van der Waals surface area contributed by atoms with Crippen LogP contribution in [0.15, 0.2) is 78.9 Å². The van der Waals surface area contributed by atoms with Gasteiger partial charge in [-0.15, -0.1) is 0 Å². The van der Waals surface area contributed by atoms with Gasteiger partial charge < -0.3 is 10.6 Å². The molecule has 0 bridgehead atoms. The van der Waals surface area contributed by atoms with Crippen LogP contribution in [0.3, 0.4) is 0 Å². The molecule has 0 aliphatic carbocycles. The Morgan fingerprint density at radius 1 is 0.846 bits per heavy atom. The molecule has 0 fully saturated rings. The van der Waals surface area contributed by atoms with Gasteiger partial charge in [-0.1, -0.05) is 66.7 Å². The van der Waals surface area contributed by atoms with E-state index in [1.54, 1.807) is 0 Å². The highest BCUT2D eigenvalue weighted by Gasteiger charge is 2.18. The van der Waals surface area contributed by atoms with Crippen LogP contribution in [0.2, 0.25) is 0 Å². The Kier molecular flexibility index (Phi) is 5.82. The highest BCUT2D eigenvalue weighted by Crippen LogP contribution is 2.18. The number of hydrogen-bond acceptors (Lipinski definition) is 1. The van der Waals surface area contributed by atoms with E-state index in [-0.39, 0.29) is 11.9 Å². The van der Waals surface area contributed by atoms with Crippen LogP contribution in [-0.2, 0) is 4.79 Å². The predicted molar refractivity (Wildman–Crippen MR) is 106 cm³/mol. The number of aryl methyl sites for hydroxylation is 2. The Balaban J connectivity index is 1.69. The Morgan fingerprint density at radius 3 is 1.96 bits per heavy atom. The largest absolute Gasteiger partial charge is 0.328 e. The van der Waals surface area contributed by atoms with Gasteiger partial charge >= 0.3 is 0 Å². The maximum absolute atomic E-state index is 12.4. The van der Waals surface area contributed by atoms with Crippen LogP contribution in [0.5, 0.6) is 0 Å². The van der Waals surface area contributed by atoms with Gasteiger partial charge in [-0.3, -0.25) is 4.79 Å². The number of carbonyl (C=O) groups excluding carboxylic acids is 1. The average molecular weight is 345 g/mol. The summed E-state index contributed by atoms with van der Waals surface area (Å²) in [6.07, 6.45) is 0. The molecule has 0 heterocycles. The molecule has 3 N–H and O–H groups in total. The molecule has 0 radical (unpaired) electrons. The van der Waals surface area contributed by atoms with Crippen molar-refractivity contribution in [1.29, 1.82) is 0 Å². The number of rotatable bonds is 6. The number of carbonyl (C=O) groups is 1. The fourth-order valence-electron chi connectivity index (χ4n) is 3.04. The van der Waals surface area contributed by atoms with Gasteiger partial charge in [-0.25, -0.2) is 0 Å². The summed E-state index contributed by atoms with van der Waals surface area (Å²) in [7, 11) is 0. The van der Waals surface area contributed by atoms with Crippen molar-refractivity contribution in [3.05, 3.63) is 101 Å². The summed E-state index contributed by atoms with van der Waals surface area (Å²) in [5.74, 6) is 0.00474. The molecule has 1 amide bonds. The molecule has 0 aliphatic rings. The van der Waals surface area contributed by atoms with Crippen molar-refractivity contribution >= 4 is 11.6 Å². The summed E-state index contributed by atoms with van der Waals surface area (Å²) >= 11 is 0. The number of anilines is 1. The minimum absolute atomic E-state index is 0.00474. The van der Waals surface area contributed by atoms with Crippen molar-refractivity contribution in [3.63, 3.8) is 0 Å². The van der Waals surface area contributed by atoms with Gasteiger partial charge in [0.05, 0.1) is 0 Å². The van der Waals surface area contributed by atoms with E-state index in [0.717, 1.165) is 5.69 Å². The smallest absolute Gasteiger partial charge is 0.279 e. The fraction of sp³-hybridized carbons (Fsp3) is 0.174. The summed E-state index contributed by atoms with van der Waals surface area (Å²) < 4.78 is 0. The quantitative estimate of drug-likeness (QED) is 0.704. The van der Waals surface area contributed by atoms with E-state index in [0.29, 0.717) is 6.54 Å². The van der Waals surface area contributed by atoms with Gasteiger partial charge in [0.25, 0.3) is 5.91 Å². The van der Waals surface area contributed by atoms with Crippen LogP contribution >= 0.6 is 0 Å². The van der Waals surface area contributed by atoms with Gasteiger partial charge in [0, 0.05) is 16.8 Å². The van der Waals surface area contributed by atoms with Crippen molar-refractivity contribution in [3.8, 4) is 0 Å². The van der Waals surface area contributed by atoms with E-state index in [9.17, 15) is 4.79 Å². The van der Waals surface area contributed by atoms with Crippen LogP contribution in [0, 0.1) is 13.8 Å². The summed E-state index contributed by atoms with van der Waals surface area (Å²) in [6, 6.07) is 26.7. The lowest BCUT2D eigenvalue weighted by Crippen LogP contribution is -2.87. The molecular formula is C23H25N2O+. The second-order valence-electron chi connectivity index (χ2n) is 6.59. The van der Waals surface area contributed by atoms with Crippen molar-refractivity contribution in [2.75, 3.05) is 11.9 Å². The average Bonchev–Trinajstić information content (AvgIpc) is 2.67. The molecule has 3 heteroatoms. The number of nitrogens with two attached hydrogens (primary N) is 1. The molecule has 0 atom stereocenters. The van der Waals surface area contributed by atoms with Gasteiger partial charge in [0.15, 0.2) is 6.54 Å². The zero-order valence-electron chi connectivity index (χ0n) is 15.3. The third kappa shape index (κ3) is 4.58. The van der Waals surface area contributed by atoms with Crippen LogP contribution in [0.4, 0.5) is 5.69 Å². The standard InChI is InChI=1S/C23H24N2O/c1-17-13-14-21(15-18(17)2)25-22(26)16-24-23(19-9-5-3-6-10-19)20-11-7-4-8-12-20/h3-15,23-24H,16H2,1-2H3,(H,25,26)/p+1. The molecule has 0 aliphatic heterocycles. The Bertz CT molecular complexity index is 820. The lowest BCUT2D eigenvalue weighted by atomic mass is 9.99. The van der Waals surface area contributed by atoms with E-state index in [1.165, 1.54) is 22.3 Å². The van der Waals surface area contributed by atoms with Gasteiger partial charge in [-0.05, 0) is 37.1 Å². The number of hydrogen-bond donors (Lipinski definition) is 2. The van der Waals surface area contributed by atoms with Gasteiger partial charge in [-0.2, -0.15) is 0 Å². The minimum atomic E-state index is 0.00474. The van der Waals surface area contributed by atoms with E-state index >= 15 is 0 Å². The molecule has 3 aromatic carbocycles. The third-order valence-corrected chi connectivity index (χ3v) is 4.65. The van der Waals surface area contributed by atoms with Crippen LogP contribution in [0.25, 0.3) is 0 Å². The Morgan fingerprint density at radius 2 is 1.42 bits per heavy atom. The highest BCUT2D eigenvalue weighted by molar-refractivity contribution is 5.91. The number of amides is 1. The molecule has 0 aromatic heterocycles. The molecule has 132 valence electrons. The summed E-state index contributed by atoms with van der Waals surface area (Å²) in [4.78, 5) is 12.4. The number of nitrogens with one attached hydrogen (secondary N) is 1. The predicted octanol–water partition coefficient (Wildman–Crippen LogP) is 3.59. The van der Waals surface area contributed by atoms with Gasteiger partial charge in [0.1, 0.15) is 6.04 Å². The SMILES string of the molecule is Cc1ccc(NC(=O)C[NH2+]C(c2ccccc2)c2ccccc2)cc1C. The zero-order chi connectivity index (χ0) is 18.4. The zero-order valence-corrected chi connectivity index (χ0v) is 15.3. The maximum atomic E-state index is 12.4. The van der Waals surface area contributed by atoms with Gasteiger partial charge in [0.2, 0.25) is 0 Å². The van der Waals surface area contributed by atoms with E-state index in [1.807, 2.05) is 54.6 Å². The van der Waals surface area contributed by atoms with E-state index < -0.39 is 0 Å². The van der Waals surface area contributed by atoms with E-state index in [4.69, 9.17) is 0 Å². The molecule has 0 saturated heterocycles. The first-order valence-electron chi connectivity index (χ1n) is 8.94. The molecule has 3 aromatic rings. The summed E-state index contributed by atoms with van der Waals surface area (Å²) in [5, 5.41) is 5.08. The third-order valence-electron chi connectivity index (χ3n) is 4.65. The summed E-state index contributed by atoms with van der Waals surface area (Å²) in [5.41, 5.74) is 5.64. The minimum Gasteiger partial charge on any atom is -0.328 e. The van der Waals surface area contributed by atoms with Crippen molar-refractivity contribution in [1.82, 2.24) is 0 Å². The van der Waals surface area contributed by atoms with Crippen LogP contribution < -0.4 is 10.6 Å². The molecule has 0 spiro atoms. The first-order valence-corrected chi connectivity index (χ1v) is 8.94. The lowest BCUT2D eigenvalue weighted by molar-refractivity contribution is -0.676. The Hall–Kier alpha value is -2.91. The molecule has 3 rings (SSSR count). The first kappa shape index (κ1) is 17.9. The van der Waals surface area contributed by atoms with E-state index in [2.05, 4.69) is 48.7 Å². The van der Waals surface area contributed by atoms with Crippen molar-refractivity contribution in [2.45, 2.75) is 19.9 Å². The first-order chi connectivity index (χ1) is 12.6. The van der Waals surface area contributed by atoms with Crippen molar-refractivity contribution < 1.29 is 10.1 Å². The summed E-state index contributed by atoms with van der Waals surface area (Å²) in [6.45, 7) is 4.48. The Labute approximate surface area is 155 Å². The molecule has 3 nitrogen and oxygen atoms in total. The lowest BCUT2D eigenvalue weighted by Gasteiger charge is -2.16. The second-order valence-corrected chi connectivity index (χ2v) is 6.59. The fourth-order valence-corrected chi connectivity index (χ4v) is 3.04. The number of benzene rings is 3. The topological polar surface area (TPSA) is 45.7 Å². The monoisotopic (exact) mass is 345 g/mol. The molecule has 26 heavy (non-hydrogen) atoms. The molecule has 0 saturated carbocycles.